The molecule has 1 aliphatic carbocycles. The Balaban J connectivity index is 1.25. The molecule has 0 radical (unpaired) electrons. The molecular weight excluding hydrogens is 538 g/mol. The van der Waals surface area contributed by atoms with E-state index in [9.17, 15) is 0 Å². The van der Waals surface area contributed by atoms with E-state index in [-0.39, 0.29) is 6.04 Å². The van der Waals surface area contributed by atoms with Gasteiger partial charge in [0, 0.05) is 22.4 Å². The number of nitrogens with zero attached hydrogens (tertiary/aromatic N) is 1. The van der Waals surface area contributed by atoms with Crippen molar-refractivity contribution in [2.45, 2.75) is 32.0 Å². The van der Waals surface area contributed by atoms with E-state index in [1.165, 1.54) is 38.2 Å². The molecule has 6 aromatic carbocycles. The summed E-state index contributed by atoms with van der Waals surface area (Å²) in [5, 5.41) is 11.0. The number of para-hydroxylation sites is 1. The van der Waals surface area contributed by atoms with E-state index in [2.05, 4.69) is 109 Å². The smallest absolute Gasteiger partial charge is 0.135 e. The first-order chi connectivity index (χ1) is 21.6. The molecule has 0 aliphatic heterocycles. The molecule has 2 unspecified atom stereocenters. The van der Waals surface area contributed by atoms with Crippen LogP contribution in [0.5, 0.6) is 0 Å². The number of nitrogens with one attached hydrogen (secondary N) is 1. The van der Waals surface area contributed by atoms with Gasteiger partial charge in [0.05, 0.1) is 0 Å². The molecule has 0 saturated heterocycles. The van der Waals surface area contributed by atoms with Crippen LogP contribution in [0.3, 0.4) is 0 Å². The Morgan fingerprint density at radius 1 is 0.705 bits per heavy atom. The van der Waals surface area contributed by atoms with Crippen LogP contribution in [0, 0.1) is 0 Å². The average molecular weight is 572 g/mol. The number of fused-ring (bicyclic) bond motifs is 9. The second-order valence-electron chi connectivity index (χ2n) is 11.7. The van der Waals surface area contributed by atoms with Gasteiger partial charge in [-0.15, -0.1) is 0 Å². The molecule has 44 heavy (non-hydrogen) atoms. The molecule has 1 aromatic heterocycles. The number of nitrogens with two attached hydrogens (primary N) is 1. The zero-order valence-electron chi connectivity index (χ0n) is 24.6. The molecule has 0 bridgehead atoms. The number of allylic oxidation sites excluding steroid dienone is 1. The predicted molar refractivity (Wildman–Crippen MR) is 184 cm³/mol. The first kappa shape index (κ1) is 26.4. The maximum Gasteiger partial charge on any atom is 0.135 e. The Hall–Kier alpha value is -5.19. The van der Waals surface area contributed by atoms with Crippen molar-refractivity contribution < 1.29 is 4.42 Å². The first-order valence-electron chi connectivity index (χ1n) is 15.3. The number of benzene rings is 6. The van der Waals surface area contributed by atoms with Crippen LogP contribution in [-0.2, 0) is 6.42 Å². The van der Waals surface area contributed by atoms with Crippen molar-refractivity contribution in [1.82, 2.24) is 5.32 Å². The van der Waals surface area contributed by atoms with E-state index in [0.717, 1.165) is 51.7 Å². The molecular formula is C40H33N3O. The third-order valence-electron chi connectivity index (χ3n) is 8.96. The fourth-order valence-corrected chi connectivity index (χ4v) is 6.69. The van der Waals surface area contributed by atoms with Gasteiger partial charge in [-0.25, -0.2) is 4.99 Å². The number of aryl methyl sites for hydroxylation is 1. The molecule has 7 aromatic rings. The third-order valence-corrected chi connectivity index (χ3v) is 8.96. The highest BCUT2D eigenvalue weighted by atomic mass is 16.3. The lowest BCUT2D eigenvalue weighted by Gasteiger charge is -2.21. The minimum Gasteiger partial charge on any atom is -0.456 e. The number of amidine groups is 1. The fourth-order valence-electron chi connectivity index (χ4n) is 6.69. The van der Waals surface area contributed by atoms with Crippen LogP contribution in [0.15, 0.2) is 131 Å². The second kappa shape index (κ2) is 10.8. The summed E-state index contributed by atoms with van der Waals surface area (Å²) in [6, 6.07) is 40.2. The Morgan fingerprint density at radius 2 is 1.43 bits per heavy atom. The van der Waals surface area contributed by atoms with Crippen LogP contribution in [0.1, 0.15) is 53.4 Å². The van der Waals surface area contributed by atoms with Crippen molar-refractivity contribution in [3.05, 3.63) is 149 Å². The lowest BCUT2D eigenvalue weighted by Crippen LogP contribution is -2.29. The Labute approximate surface area is 256 Å². The maximum absolute atomic E-state index is 6.95. The molecule has 3 N–H and O–H groups in total. The van der Waals surface area contributed by atoms with Crippen molar-refractivity contribution in [3.8, 4) is 0 Å². The highest BCUT2D eigenvalue weighted by Gasteiger charge is 2.18. The van der Waals surface area contributed by atoms with Gasteiger partial charge in [-0.2, -0.15) is 0 Å². The number of furan rings is 1. The van der Waals surface area contributed by atoms with E-state index in [1.807, 2.05) is 30.3 Å². The van der Waals surface area contributed by atoms with Crippen LogP contribution in [0.2, 0.25) is 0 Å². The van der Waals surface area contributed by atoms with Gasteiger partial charge in [0.2, 0.25) is 0 Å². The zero-order valence-corrected chi connectivity index (χ0v) is 24.6. The van der Waals surface area contributed by atoms with E-state index in [0.29, 0.717) is 0 Å². The number of rotatable bonds is 5. The van der Waals surface area contributed by atoms with Crippen molar-refractivity contribution in [3.63, 3.8) is 0 Å². The molecule has 0 spiro atoms. The van der Waals surface area contributed by atoms with Gasteiger partial charge in [-0.05, 0) is 93.9 Å². The molecule has 2 atom stereocenters. The van der Waals surface area contributed by atoms with Crippen LogP contribution in [0.4, 0.5) is 0 Å². The van der Waals surface area contributed by atoms with Crippen molar-refractivity contribution in [1.29, 1.82) is 0 Å². The highest BCUT2D eigenvalue weighted by Crippen LogP contribution is 2.37. The highest BCUT2D eigenvalue weighted by molar-refractivity contribution is 6.13. The predicted octanol–water partition coefficient (Wildman–Crippen LogP) is 9.61. The molecule has 1 aliphatic rings. The molecule has 4 nitrogen and oxygen atoms in total. The topological polar surface area (TPSA) is 63.5 Å². The first-order valence-corrected chi connectivity index (χ1v) is 15.3. The molecule has 1 heterocycles. The van der Waals surface area contributed by atoms with E-state index >= 15 is 0 Å². The molecule has 0 fully saturated rings. The van der Waals surface area contributed by atoms with Gasteiger partial charge in [0.25, 0.3) is 0 Å². The summed E-state index contributed by atoms with van der Waals surface area (Å²) in [6.07, 6.45) is 6.09. The SMILES string of the molecule is CC(NC(=NC(N)c1ccc2c(c1)c1c(c3ccccc32)C=CCC1)c1ccc2oc3ccccc3c2c1)c1ccccc1. The van der Waals surface area contributed by atoms with E-state index in [4.69, 9.17) is 15.1 Å². The summed E-state index contributed by atoms with van der Waals surface area (Å²) >= 11 is 0. The minimum absolute atomic E-state index is 0.0284. The van der Waals surface area contributed by atoms with Crippen molar-refractivity contribution >= 4 is 55.4 Å². The lowest BCUT2D eigenvalue weighted by molar-refractivity contribution is 0.669. The monoisotopic (exact) mass is 571 g/mol. The van der Waals surface area contributed by atoms with Crippen molar-refractivity contribution in [2.24, 2.45) is 10.7 Å². The summed E-state index contributed by atoms with van der Waals surface area (Å²) in [5.41, 5.74) is 14.5. The van der Waals surface area contributed by atoms with Crippen LogP contribution in [0.25, 0.3) is 49.6 Å². The Kier molecular flexibility index (Phi) is 6.50. The summed E-state index contributed by atoms with van der Waals surface area (Å²) in [4.78, 5) is 5.17. The van der Waals surface area contributed by atoms with Gasteiger partial charge in [0.1, 0.15) is 23.2 Å². The number of hydrogen-bond donors (Lipinski definition) is 2. The normalized spacial score (nSPS) is 14.7. The second-order valence-corrected chi connectivity index (χ2v) is 11.7. The summed E-state index contributed by atoms with van der Waals surface area (Å²) in [7, 11) is 0. The summed E-state index contributed by atoms with van der Waals surface area (Å²) in [6.45, 7) is 2.16. The van der Waals surface area contributed by atoms with Crippen LogP contribution < -0.4 is 11.1 Å². The zero-order chi connectivity index (χ0) is 29.6. The number of aliphatic imine (C=N–C) groups is 1. The molecule has 8 rings (SSSR count). The molecule has 4 heteroatoms. The van der Waals surface area contributed by atoms with E-state index in [1.54, 1.807) is 0 Å². The molecule has 214 valence electrons. The van der Waals surface area contributed by atoms with Gasteiger partial charge in [-0.1, -0.05) is 97.1 Å². The summed E-state index contributed by atoms with van der Waals surface area (Å²) < 4.78 is 6.12. The molecule has 0 amide bonds. The quantitative estimate of drug-likeness (QED) is 0.123. The molecule has 0 saturated carbocycles. The Morgan fingerprint density at radius 3 is 2.30 bits per heavy atom. The lowest BCUT2D eigenvalue weighted by atomic mass is 9.86. The average Bonchev–Trinajstić information content (AvgIpc) is 3.46. The maximum atomic E-state index is 6.95. The third kappa shape index (κ3) is 4.55. The standard InChI is InChI=1S/C40H33N3O/c1-25(26-11-3-2-4-12-26)42-40(28-20-22-38-36(24-28)34-17-9-10-18-37(34)44-38)43-39(41)27-19-21-33-31-15-6-5-13-29(31)30-14-7-8-16-32(30)35(33)23-27/h2-7,9-15,17-25,39H,8,16,41H2,1H3,(H,42,43). The van der Waals surface area contributed by atoms with Gasteiger partial charge < -0.3 is 15.5 Å². The van der Waals surface area contributed by atoms with Gasteiger partial charge >= 0.3 is 0 Å². The van der Waals surface area contributed by atoms with Crippen LogP contribution in [-0.4, -0.2) is 5.84 Å². The largest absolute Gasteiger partial charge is 0.456 e. The van der Waals surface area contributed by atoms with Gasteiger partial charge in [-0.3, -0.25) is 0 Å². The summed E-state index contributed by atoms with van der Waals surface area (Å²) in [5.74, 6) is 0.754. The van der Waals surface area contributed by atoms with E-state index < -0.39 is 6.17 Å². The van der Waals surface area contributed by atoms with Crippen LogP contribution >= 0.6 is 0 Å². The Bertz CT molecular complexity index is 2240. The minimum atomic E-state index is -0.553. The number of hydrogen-bond acceptors (Lipinski definition) is 3. The fraction of sp³-hybridized carbons (Fsp3) is 0.125. The van der Waals surface area contributed by atoms with Crippen molar-refractivity contribution in [2.75, 3.05) is 0 Å². The van der Waals surface area contributed by atoms with Gasteiger partial charge in [0.15, 0.2) is 0 Å².